The van der Waals surface area contributed by atoms with E-state index in [1.54, 1.807) is 18.3 Å². The van der Waals surface area contributed by atoms with Gasteiger partial charge in [-0.2, -0.15) is 9.78 Å². The third-order valence-electron chi connectivity index (χ3n) is 3.19. The Bertz CT molecular complexity index is 884. The predicted molar refractivity (Wildman–Crippen MR) is 86.6 cm³/mol. The van der Waals surface area contributed by atoms with E-state index in [1.165, 1.54) is 11.0 Å². The van der Waals surface area contributed by atoms with Gasteiger partial charge in [-0.05, 0) is 31.2 Å². The van der Waals surface area contributed by atoms with Gasteiger partial charge in [-0.15, -0.1) is 0 Å². The molecule has 22 heavy (non-hydrogen) atoms. The van der Waals surface area contributed by atoms with Crippen LogP contribution in [0.2, 0.25) is 0 Å². The first kappa shape index (κ1) is 14.0. The zero-order valence-electron chi connectivity index (χ0n) is 12.1. The Kier molecular flexibility index (Phi) is 3.96. The second-order valence-corrected chi connectivity index (χ2v) is 4.63. The van der Waals surface area contributed by atoms with Gasteiger partial charge in [0.25, 0.3) is 5.56 Å². The highest BCUT2D eigenvalue weighted by molar-refractivity contribution is 5.83. The van der Waals surface area contributed by atoms with E-state index in [4.69, 9.17) is 4.74 Å². The first-order valence-corrected chi connectivity index (χ1v) is 7.02. The van der Waals surface area contributed by atoms with E-state index in [0.29, 0.717) is 17.5 Å². The maximum absolute atomic E-state index is 12.3. The van der Waals surface area contributed by atoms with Gasteiger partial charge >= 0.3 is 0 Å². The van der Waals surface area contributed by atoms with Crippen molar-refractivity contribution in [2.24, 2.45) is 5.10 Å². The summed E-state index contributed by atoms with van der Waals surface area (Å²) in [5.41, 5.74) is 1.27. The third kappa shape index (κ3) is 2.74. The summed E-state index contributed by atoms with van der Waals surface area (Å²) >= 11 is 0. The monoisotopic (exact) mass is 293 g/mol. The number of rotatable bonds is 4. The van der Waals surface area contributed by atoms with Gasteiger partial charge in [0.15, 0.2) is 0 Å². The molecule has 0 aliphatic carbocycles. The van der Waals surface area contributed by atoms with Crippen LogP contribution in [0.5, 0.6) is 5.75 Å². The van der Waals surface area contributed by atoms with Crippen LogP contribution in [-0.4, -0.2) is 22.5 Å². The number of para-hydroxylation sites is 2. The van der Waals surface area contributed by atoms with Crippen molar-refractivity contribution in [3.8, 4) is 5.75 Å². The maximum atomic E-state index is 12.3. The molecule has 1 heterocycles. The molecule has 110 valence electrons. The van der Waals surface area contributed by atoms with E-state index < -0.39 is 0 Å². The Morgan fingerprint density at radius 2 is 1.95 bits per heavy atom. The van der Waals surface area contributed by atoms with Crippen molar-refractivity contribution in [2.45, 2.75) is 6.92 Å². The van der Waals surface area contributed by atoms with Crippen molar-refractivity contribution in [2.75, 3.05) is 6.61 Å². The minimum atomic E-state index is -0.198. The Morgan fingerprint density at radius 3 is 2.82 bits per heavy atom. The third-order valence-corrected chi connectivity index (χ3v) is 3.19. The van der Waals surface area contributed by atoms with E-state index in [0.717, 1.165) is 11.3 Å². The molecule has 0 N–H and O–H groups in total. The molecule has 0 amide bonds. The summed E-state index contributed by atoms with van der Waals surface area (Å²) in [5.74, 6) is 0.732. The largest absolute Gasteiger partial charge is 0.493 e. The van der Waals surface area contributed by atoms with E-state index in [-0.39, 0.29) is 5.56 Å². The lowest BCUT2D eigenvalue weighted by molar-refractivity contribution is 0.340. The zero-order chi connectivity index (χ0) is 15.4. The van der Waals surface area contributed by atoms with Gasteiger partial charge < -0.3 is 4.74 Å². The first-order chi connectivity index (χ1) is 10.8. The van der Waals surface area contributed by atoms with Gasteiger partial charge in [-0.1, -0.05) is 24.3 Å². The van der Waals surface area contributed by atoms with Crippen LogP contribution in [0.1, 0.15) is 12.5 Å². The number of ether oxygens (including phenoxy) is 1. The molecule has 2 aromatic carbocycles. The summed E-state index contributed by atoms with van der Waals surface area (Å²) in [6.07, 6.45) is 3.02. The highest BCUT2D eigenvalue weighted by atomic mass is 16.5. The van der Waals surface area contributed by atoms with Crippen LogP contribution in [0, 0.1) is 0 Å². The SMILES string of the molecule is CCOc1ccccc1/C=N/n1cnc2ccccc2c1=O. The number of aromatic nitrogens is 2. The van der Waals surface area contributed by atoms with Crippen molar-refractivity contribution in [3.63, 3.8) is 0 Å². The van der Waals surface area contributed by atoms with Crippen LogP contribution in [0.25, 0.3) is 10.9 Å². The van der Waals surface area contributed by atoms with Crippen molar-refractivity contribution < 1.29 is 4.74 Å². The van der Waals surface area contributed by atoms with E-state index in [1.807, 2.05) is 43.3 Å². The molecule has 0 spiro atoms. The molecule has 0 aliphatic heterocycles. The van der Waals surface area contributed by atoms with Crippen molar-refractivity contribution in [1.82, 2.24) is 9.66 Å². The van der Waals surface area contributed by atoms with Gasteiger partial charge in [-0.3, -0.25) is 4.79 Å². The van der Waals surface area contributed by atoms with E-state index in [9.17, 15) is 4.79 Å². The minimum absolute atomic E-state index is 0.198. The van der Waals surface area contributed by atoms with Crippen molar-refractivity contribution >= 4 is 17.1 Å². The summed E-state index contributed by atoms with van der Waals surface area (Å²) in [6, 6.07) is 14.7. The fraction of sp³-hybridized carbons (Fsp3) is 0.118. The summed E-state index contributed by atoms with van der Waals surface area (Å²) < 4.78 is 6.76. The molecule has 0 atom stereocenters. The van der Waals surface area contributed by atoms with Gasteiger partial charge in [0.05, 0.1) is 23.7 Å². The van der Waals surface area contributed by atoms with Crippen molar-refractivity contribution in [1.29, 1.82) is 0 Å². The fourth-order valence-electron chi connectivity index (χ4n) is 2.14. The van der Waals surface area contributed by atoms with Crippen LogP contribution in [0.4, 0.5) is 0 Å². The van der Waals surface area contributed by atoms with Crippen LogP contribution >= 0.6 is 0 Å². The Balaban J connectivity index is 2.00. The molecule has 0 saturated heterocycles. The molecule has 0 aliphatic rings. The molecule has 1 aromatic heterocycles. The number of hydrogen-bond acceptors (Lipinski definition) is 4. The van der Waals surface area contributed by atoms with Crippen LogP contribution < -0.4 is 10.3 Å². The second kappa shape index (κ2) is 6.22. The van der Waals surface area contributed by atoms with E-state index in [2.05, 4.69) is 10.1 Å². The van der Waals surface area contributed by atoms with Crippen LogP contribution in [0.3, 0.4) is 0 Å². The normalized spacial score (nSPS) is 11.1. The number of nitrogens with zero attached hydrogens (tertiary/aromatic N) is 3. The molecule has 0 unspecified atom stereocenters. The van der Waals surface area contributed by atoms with Gasteiger partial charge in [0.1, 0.15) is 12.1 Å². The lowest BCUT2D eigenvalue weighted by Gasteiger charge is -2.06. The number of benzene rings is 2. The smallest absolute Gasteiger partial charge is 0.281 e. The van der Waals surface area contributed by atoms with Gasteiger partial charge in [0, 0.05) is 5.56 Å². The van der Waals surface area contributed by atoms with Crippen LogP contribution in [-0.2, 0) is 0 Å². The molecule has 3 rings (SSSR count). The zero-order valence-corrected chi connectivity index (χ0v) is 12.1. The van der Waals surface area contributed by atoms with Crippen LogP contribution in [0.15, 0.2) is 64.8 Å². The Morgan fingerprint density at radius 1 is 1.18 bits per heavy atom. The second-order valence-electron chi connectivity index (χ2n) is 4.63. The quantitative estimate of drug-likeness (QED) is 0.695. The van der Waals surface area contributed by atoms with Gasteiger partial charge in [-0.25, -0.2) is 4.98 Å². The summed E-state index contributed by atoms with van der Waals surface area (Å²) in [6.45, 7) is 2.49. The average Bonchev–Trinajstić information content (AvgIpc) is 2.56. The predicted octanol–water partition coefficient (Wildman–Crippen LogP) is 2.68. The fourth-order valence-corrected chi connectivity index (χ4v) is 2.14. The molecule has 0 saturated carbocycles. The highest BCUT2D eigenvalue weighted by Crippen LogP contribution is 2.15. The molecule has 5 heteroatoms. The van der Waals surface area contributed by atoms with Gasteiger partial charge in [0.2, 0.25) is 0 Å². The highest BCUT2D eigenvalue weighted by Gasteiger charge is 2.03. The standard InChI is InChI=1S/C17H15N3O2/c1-2-22-16-10-6-3-7-13(16)11-19-20-12-18-15-9-5-4-8-14(15)17(20)21/h3-12H,2H2,1H3/b19-11+. The molecule has 0 bridgehead atoms. The molecule has 0 radical (unpaired) electrons. The molecule has 3 aromatic rings. The Hall–Kier alpha value is -2.95. The maximum Gasteiger partial charge on any atom is 0.281 e. The molecular formula is C17H15N3O2. The summed E-state index contributed by atoms with van der Waals surface area (Å²) in [4.78, 5) is 16.6. The van der Waals surface area contributed by atoms with Crippen molar-refractivity contribution in [3.05, 3.63) is 70.8 Å². The lowest BCUT2D eigenvalue weighted by Crippen LogP contribution is -2.17. The summed E-state index contributed by atoms with van der Waals surface area (Å²) in [5, 5.41) is 4.75. The minimum Gasteiger partial charge on any atom is -0.493 e. The Labute approximate surface area is 127 Å². The first-order valence-electron chi connectivity index (χ1n) is 7.02. The molecule has 5 nitrogen and oxygen atoms in total. The molecule has 0 fully saturated rings. The lowest BCUT2D eigenvalue weighted by atomic mass is 10.2. The number of fused-ring (bicyclic) bond motifs is 1. The topological polar surface area (TPSA) is 56.5 Å². The summed E-state index contributed by atoms with van der Waals surface area (Å²) in [7, 11) is 0. The molecular weight excluding hydrogens is 278 g/mol. The number of hydrogen-bond donors (Lipinski definition) is 0. The van der Waals surface area contributed by atoms with E-state index >= 15 is 0 Å². The average molecular weight is 293 g/mol.